The molecule has 0 fully saturated rings. The number of benzene rings is 3. The smallest absolute Gasteiger partial charge is 0.227 e. The molecule has 6 rings (SSSR count). The first-order valence-electron chi connectivity index (χ1n) is 11.6. The summed E-state index contributed by atoms with van der Waals surface area (Å²) in [7, 11) is 0. The van der Waals surface area contributed by atoms with Crippen LogP contribution in [0.2, 0.25) is 0 Å². The van der Waals surface area contributed by atoms with Crippen LogP contribution < -0.4 is 0 Å². The molecule has 0 aliphatic carbocycles. The van der Waals surface area contributed by atoms with Crippen molar-refractivity contribution < 1.29 is 4.42 Å². The number of aryl methyl sites for hydroxylation is 1. The lowest BCUT2D eigenvalue weighted by atomic mass is 9.86. The minimum absolute atomic E-state index is 0.131. The topological polar surface area (TPSA) is 38.9 Å². The van der Waals surface area contributed by atoms with Gasteiger partial charge in [-0.25, -0.2) is 4.98 Å². The van der Waals surface area contributed by atoms with Crippen molar-refractivity contribution in [3.8, 4) is 22.4 Å². The van der Waals surface area contributed by atoms with Crippen molar-refractivity contribution in [2.45, 2.75) is 19.8 Å². The molecule has 0 N–H and O–H groups in total. The zero-order chi connectivity index (χ0) is 23.1. The van der Waals surface area contributed by atoms with Gasteiger partial charge >= 0.3 is 0 Å². The van der Waals surface area contributed by atoms with Crippen LogP contribution in [0.15, 0.2) is 108 Å². The van der Waals surface area contributed by atoms with E-state index >= 15 is 0 Å². The number of fused-ring (bicyclic) bond motifs is 3. The fourth-order valence-electron chi connectivity index (χ4n) is 4.87. The fourth-order valence-corrected chi connectivity index (χ4v) is 4.87. The van der Waals surface area contributed by atoms with E-state index in [2.05, 4.69) is 86.6 Å². The van der Waals surface area contributed by atoms with Crippen LogP contribution in [-0.2, 0) is 0 Å². The van der Waals surface area contributed by atoms with Gasteiger partial charge in [-0.3, -0.25) is 4.98 Å². The second kappa shape index (κ2) is 8.27. The second-order valence-electron chi connectivity index (χ2n) is 8.75. The molecule has 3 aromatic heterocycles. The molecule has 0 spiro atoms. The molecule has 1 unspecified atom stereocenters. The Morgan fingerprint density at radius 1 is 0.735 bits per heavy atom. The number of rotatable bonds is 4. The summed E-state index contributed by atoms with van der Waals surface area (Å²) in [6.45, 7) is 4.36. The quantitative estimate of drug-likeness (QED) is 0.277. The summed E-state index contributed by atoms with van der Waals surface area (Å²) >= 11 is 0. The molecule has 0 radical (unpaired) electrons. The maximum Gasteiger partial charge on any atom is 0.227 e. The van der Waals surface area contributed by atoms with Gasteiger partial charge in [-0.1, -0.05) is 85.8 Å². The number of furan rings is 1. The standard InChI is InChI=1S/C31H24N2O/c1-20-18-32-27(17-25(20)23-13-7-4-8-14-23)26-19-33-31-30(24-15-9-10-16-28(24)34-31)29(26)21(2)22-11-5-3-6-12-22/h3-19,21H,1-2H3. The summed E-state index contributed by atoms with van der Waals surface area (Å²) in [5.74, 6) is 0.131. The van der Waals surface area contributed by atoms with Crippen LogP contribution in [0, 0.1) is 6.92 Å². The fraction of sp³-hybridized carbons (Fsp3) is 0.0968. The van der Waals surface area contributed by atoms with E-state index in [1.54, 1.807) is 0 Å². The molecule has 0 aliphatic rings. The first-order chi connectivity index (χ1) is 16.7. The predicted molar refractivity (Wildman–Crippen MR) is 139 cm³/mol. The molecule has 1 atom stereocenters. The molecule has 0 bridgehead atoms. The maximum atomic E-state index is 6.15. The summed E-state index contributed by atoms with van der Waals surface area (Å²) in [5.41, 5.74) is 9.42. The van der Waals surface area contributed by atoms with E-state index in [0.29, 0.717) is 5.71 Å². The maximum absolute atomic E-state index is 6.15. The molecule has 0 saturated heterocycles. The Balaban J connectivity index is 1.65. The predicted octanol–water partition coefficient (Wildman–Crippen LogP) is 8.17. The molecular formula is C31H24N2O. The largest absolute Gasteiger partial charge is 0.438 e. The number of nitrogens with zero attached hydrogens (tertiary/aromatic N) is 2. The Bertz CT molecular complexity index is 1620. The van der Waals surface area contributed by atoms with Gasteiger partial charge < -0.3 is 4.42 Å². The molecule has 0 aliphatic heterocycles. The van der Waals surface area contributed by atoms with Gasteiger partial charge in [0, 0.05) is 29.3 Å². The summed E-state index contributed by atoms with van der Waals surface area (Å²) < 4.78 is 6.15. The normalized spacial score (nSPS) is 12.3. The monoisotopic (exact) mass is 440 g/mol. The number of aromatic nitrogens is 2. The highest BCUT2D eigenvalue weighted by Gasteiger charge is 2.23. The van der Waals surface area contributed by atoms with Gasteiger partial charge in [-0.05, 0) is 46.9 Å². The Kier molecular flexibility index (Phi) is 4.96. The zero-order valence-corrected chi connectivity index (χ0v) is 19.2. The molecule has 34 heavy (non-hydrogen) atoms. The Morgan fingerprint density at radius 2 is 1.44 bits per heavy atom. The first-order valence-corrected chi connectivity index (χ1v) is 11.6. The van der Waals surface area contributed by atoms with Gasteiger partial charge in [0.25, 0.3) is 0 Å². The van der Waals surface area contributed by atoms with E-state index in [9.17, 15) is 0 Å². The van der Waals surface area contributed by atoms with Crippen LogP contribution >= 0.6 is 0 Å². The third kappa shape index (κ3) is 3.37. The summed E-state index contributed by atoms with van der Waals surface area (Å²) in [5, 5.41) is 2.15. The molecule has 3 aromatic carbocycles. The lowest BCUT2D eigenvalue weighted by Gasteiger charge is -2.19. The van der Waals surface area contributed by atoms with Crippen LogP contribution in [0.5, 0.6) is 0 Å². The van der Waals surface area contributed by atoms with Crippen LogP contribution in [0.25, 0.3) is 44.5 Å². The summed E-state index contributed by atoms with van der Waals surface area (Å²) in [6.07, 6.45) is 3.89. The summed E-state index contributed by atoms with van der Waals surface area (Å²) in [6, 6.07) is 31.4. The molecule has 0 saturated carbocycles. The highest BCUT2D eigenvalue weighted by Crippen LogP contribution is 2.41. The number of hydrogen-bond donors (Lipinski definition) is 0. The second-order valence-corrected chi connectivity index (χ2v) is 8.75. The number of para-hydroxylation sites is 1. The van der Waals surface area contributed by atoms with Crippen LogP contribution in [0.4, 0.5) is 0 Å². The van der Waals surface area contributed by atoms with Crippen molar-refractivity contribution in [2.75, 3.05) is 0 Å². The minimum Gasteiger partial charge on any atom is -0.438 e. The van der Waals surface area contributed by atoms with Gasteiger partial charge in [0.05, 0.1) is 11.1 Å². The lowest BCUT2D eigenvalue weighted by Crippen LogP contribution is -2.02. The minimum atomic E-state index is 0.131. The van der Waals surface area contributed by atoms with Crippen molar-refractivity contribution in [2.24, 2.45) is 0 Å². The van der Waals surface area contributed by atoms with Gasteiger partial charge in [0.1, 0.15) is 5.58 Å². The first kappa shape index (κ1) is 20.4. The average molecular weight is 441 g/mol. The van der Waals surface area contributed by atoms with Crippen LogP contribution in [0.3, 0.4) is 0 Å². The van der Waals surface area contributed by atoms with Crippen molar-refractivity contribution in [1.29, 1.82) is 0 Å². The average Bonchev–Trinajstić information content (AvgIpc) is 3.28. The van der Waals surface area contributed by atoms with E-state index in [0.717, 1.165) is 33.2 Å². The zero-order valence-electron chi connectivity index (χ0n) is 19.2. The van der Waals surface area contributed by atoms with E-state index in [4.69, 9.17) is 14.4 Å². The van der Waals surface area contributed by atoms with Crippen molar-refractivity contribution in [1.82, 2.24) is 9.97 Å². The molecule has 164 valence electrons. The highest BCUT2D eigenvalue weighted by molar-refractivity contribution is 6.07. The van der Waals surface area contributed by atoms with E-state index in [1.807, 2.05) is 30.6 Å². The van der Waals surface area contributed by atoms with Crippen molar-refractivity contribution in [3.05, 3.63) is 120 Å². The SMILES string of the molecule is Cc1cnc(-c2cnc3oc4ccccc4c3c2C(C)c2ccccc2)cc1-c1ccccc1. The molecule has 3 nitrogen and oxygen atoms in total. The van der Waals surface area contributed by atoms with Gasteiger partial charge in [-0.15, -0.1) is 0 Å². The van der Waals surface area contributed by atoms with Crippen molar-refractivity contribution >= 4 is 22.1 Å². The van der Waals surface area contributed by atoms with Gasteiger partial charge in [0.2, 0.25) is 5.71 Å². The lowest BCUT2D eigenvalue weighted by molar-refractivity contribution is 0.653. The molecule has 3 heteroatoms. The molecular weight excluding hydrogens is 416 g/mol. The third-order valence-electron chi connectivity index (χ3n) is 6.64. The number of hydrogen-bond acceptors (Lipinski definition) is 3. The summed E-state index contributed by atoms with van der Waals surface area (Å²) in [4.78, 5) is 9.62. The molecule has 6 aromatic rings. The van der Waals surface area contributed by atoms with Gasteiger partial charge in [-0.2, -0.15) is 0 Å². The van der Waals surface area contributed by atoms with Gasteiger partial charge in [0.15, 0.2) is 0 Å². The van der Waals surface area contributed by atoms with E-state index in [-0.39, 0.29) is 5.92 Å². The van der Waals surface area contributed by atoms with E-state index < -0.39 is 0 Å². The van der Waals surface area contributed by atoms with E-state index in [1.165, 1.54) is 22.3 Å². The molecule has 3 heterocycles. The highest BCUT2D eigenvalue weighted by atomic mass is 16.3. The Labute approximate surface area is 198 Å². The Hall–Kier alpha value is -4.24. The van der Waals surface area contributed by atoms with Crippen molar-refractivity contribution in [3.63, 3.8) is 0 Å². The van der Waals surface area contributed by atoms with Crippen LogP contribution in [-0.4, -0.2) is 9.97 Å². The van der Waals surface area contributed by atoms with Crippen LogP contribution in [0.1, 0.15) is 29.5 Å². The number of pyridine rings is 2. The third-order valence-corrected chi connectivity index (χ3v) is 6.64. The molecule has 0 amide bonds. The Morgan fingerprint density at radius 3 is 2.24 bits per heavy atom.